The molecule has 92 valence electrons. The number of carbonyl (C=O) groups is 1. The lowest BCUT2D eigenvalue weighted by Crippen LogP contribution is -2.13. The molecule has 1 amide bonds. The van der Waals surface area contributed by atoms with Crippen LogP contribution in [0.15, 0.2) is 36.5 Å². The minimum atomic E-state index is -0.334. The van der Waals surface area contributed by atoms with Gasteiger partial charge in [-0.15, -0.1) is 0 Å². The van der Waals surface area contributed by atoms with Crippen molar-refractivity contribution in [3.05, 3.63) is 57.7 Å². The fraction of sp³-hybridized carbons (Fsp3) is 0.0769. The van der Waals surface area contributed by atoms with E-state index in [1.165, 1.54) is 0 Å². The molecule has 0 bridgehead atoms. The van der Waals surface area contributed by atoms with Crippen molar-refractivity contribution >= 4 is 34.9 Å². The average Bonchev–Trinajstić information content (AvgIpc) is 2.35. The van der Waals surface area contributed by atoms with Crippen molar-refractivity contribution in [3.63, 3.8) is 0 Å². The van der Waals surface area contributed by atoms with Crippen LogP contribution >= 0.6 is 23.2 Å². The molecular formula is C13H10Cl2N2O. The van der Waals surface area contributed by atoms with E-state index in [-0.39, 0.29) is 10.9 Å². The zero-order valence-corrected chi connectivity index (χ0v) is 11.1. The number of hydrogen-bond acceptors (Lipinski definition) is 2. The molecule has 2 aromatic rings. The Balaban J connectivity index is 2.22. The van der Waals surface area contributed by atoms with E-state index in [1.54, 1.807) is 30.5 Å². The lowest BCUT2D eigenvalue weighted by atomic mass is 10.2. The number of aryl methyl sites for hydroxylation is 1. The van der Waals surface area contributed by atoms with Gasteiger partial charge in [-0.3, -0.25) is 4.79 Å². The van der Waals surface area contributed by atoms with Crippen LogP contribution in [0.2, 0.25) is 10.0 Å². The molecule has 5 heteroatoms. The molecule has 0 radical (unpaired) electrons. The van der Waals surface area contributed by atoms with Crippen molar-refractivity contribution in [2.24, 2.45) is 0 Å². The van der Waals surface area contributed by atoms with Crippen LogP contribution in [0, 0.1) is 6.92 Å². The summed E-state index contributed by atoms with van der Waals surface area (Å²) >= 11 is 11.8. The molecule has 1 N–H and O–H groups in total. The topological polar surface area (TPSA) is 42.0 Å². The second-order valence-corrected chi connectivity index (χ2v) is 4.56. The molecule has 0 aliphatic carbocycles. The lowest BCUT2D eigenvalue weighted by Gasteiger charge is -2.07. The molecule has 0 spiro atoms. The number of amides is 1. The predicted octanol–water partition coefficient (Wildman–Crippen LogP) is 3.95. The number of anilines is 1. The van der Waals surface area contributed by atoms with Gasteiger partial charge in [0.15, 0.2) is 0 Å². The monoisotopic (exact) mass is 280 g/mol. The minimum Gasteiger partial charge on any atom is -0.307 e. The van der Waals surface area contributed by atoms with Gasteiger partial charge in [-0.25, -0.2) is 4.98 Å². The Kier molecular flexibility index (Phi) is 3.84. The summed E-state index contributed by atoms with van der Waals surface area (Å²) in [6.07, 6.45) is 1.68. The zero-order chi connectivity index (χ0) is 13.1. The van der Waals surface area contributed by atoms with Gasteiger partial charge in [0.05, 0.1) is 15.6 Å². The van der Waals surface area contributed by atoms with Crippen molar-refractivity contribution in [2.45, 2.75) is 6.92 Å². The van der Waals surface area contributed by atoms with Crippen molar-refractivity contribution in [1.29, 1.82) is 0 Å². The summed E-state index contributed by atoms with van der Waals surface area (Å²) in [5.74, 6) is 0.139. The molecule has 0 saturated heterocycles. The zero-order valence-electron chi connectivity index (χ0n) is 9.58. The highest BCUT2D eigenvalue weighted by atomic mass is 35.5. The Bertz CT molecular complexity index is 582. The van der Waals surface area contributed by atoms with Gasteiger partial charge in [0, 0.05) is 6.20 Å². The SMILES string of the molecule is Cc1ccc(NC(=O)c2cccc(Cl)c2Cl)nc1. The third kappa shape index (κ3) is 2.81. The van der Waals surface area contributed by atoms with Crippen LogP contribution in [0.3, 0.4) is 0 Å². The van der Waals surface area contributed by atoms with Crippen LogP contribution in [-0.4, -0.2) is 10.9 Å². The first-order valence-electron chi connectivity index (χ1n) is 5.26. The van der Waals surface area contributed by atoms with Gasteiger partial charge in [0.1, 0.15) is 5.82 Å². The fourth-order valence-electron chi connectivity index (χ4n) is 1.40. The molecule has 0 atom stereocenters. The fourth-order valence-corrected chi connectivity index (χ4v) is 1.79. The summed E-state index contributed by atoms with van der Waals surface area (Å²) in [6, 6.07) is 8.50. The summed E-state index contributed by atoms with van der Waals surface area (Å²) in [5.41, 5.74) is 1.35. The van der Waals surface area contributed by atoms with E-state index in [1.807, 2.05) is 13.0 Å². The highest BCUT2D eigenvalue weighted by Crippen LogP contribution is 2.25. The van der Waals surface area contributed by atoms with E-state index >= 15 is 0 Å². The number of benzene rings is 1. The number of nitrogens with one attached hydrogen (secondary N) is 1. The van der Waals surface area contributed by atoms with Gasteiger partial charge in [-0.05, 0) is 30.7 Å². The smallest absolute Gasteiger partial charge is 0.258 e. The Morgan fingerprint density at radius 3 is 2.67 bits per heavy atom. The first-order valence-corrected chi connectivity index (χ1v) is 6.01. The van der Waals surface area contributed by atoms with Crippen molar-refractivity contribution < 1.29 is 4.79 Å². The predicted molar refractivity (Wildman–Crippen MR) is 73.4 cm³/mol. The number of aromatic nitrogens is 1. The maximum absolute atomic E-state index is 12.0. The molecule has 0 unspecified atom stereocenters. The molecule has 0 aliphatic rings. The van der Waals surface area contributed by atoms with Crippen LogP contribution in [0.1, 0.15) is 15.9 Å². The van der Waals surface area contributed by atoms with E-state index in [0.29, 0.717) is 16.4 Å². The molecule has 18 heavy (non-hydrogen) atoms. The van der Waals surface area contributed by atoms with Crippen LogP contribution < -0.4 is 5.32 Å². The molecule has 0 saturated carbocycles. The van der Waals surface area contributed by atoms with E-state index < -0.39 is 0 Å². The summed E-state index contributed by atoms with van der Waals surface area (Å²) in [7, 11) is 0. The summed E-state index contributed by atoms with van der Waals surface area (Å²) in [4.78, 5) is 16.1. The van der Waals surface area contributed by atoms with Crippen LogP contribution in [0.25, 0.3) is 0 Å². The van der Waals surface area contributed by atoms with Crippen molar-refractivity contribution in [1.82, 2.24) is 4.98 Å². The average molecular weight is 281 g/mol. The van der Waals surface area contributed by atoms with Gasteiger partial charge in [0.2, 0.25) is 0 Å². The van der Waals surface area contributed by atoms with Crippen LogP contribution in [0.5, 0.6) is 0 Å². The summed E-state index contributed by atoms with van der Waals surface area (Å²) in [6.45, 7) is 1.92. The molecule has 2 rings (SSSR count). The molecule has 1 aromatic heterocycles. The summed E-state index contributed by atoms with van der Waals surface area (Å²) in [5, 5.41) is 3.25. The number of rotatable bonds is 2. The Morgan fingerprint density at radius 2 is 2.00 bits per heavy atom. The van der Waals surface area contributed by atoms with Gasteiger partial charge in [-0.1, -0.05) is 35.3 Å². The minimum absolute atomic E-state index is 0.240. The molecule has 1 heterocycles. The second-order valence-electron chi connectivity index (χ2n) is 3.78. The van der Waals surface area contributed by atoms with Gasteiger partial charge in [0.25, 0.3) is 5.91 Å². The van der Waals surface area contributed by atoms with Crippen LogP contribution in [-0.2, 0) is 0 Å². The standard InChI is InChI=1S/C13H10Cl2N2O/c1-8-5-6-11(16-7-8)17-13(18)9-3-2-4-10(14)12(9)15/h2-7H,1H3,(H,16,17,18). The van der Waals surface area contributed by atoms with Crippen molar-refractivity contribution in [2.75, 3.05) is 5.32 Å². The molecule has 3 nitrogen and oxygen atoms in total. The largest absolute Gasteiger partial charge is 0.307 e. The first-order chi connectivity index (χ1) is 8.58. The number of pyridine rings is 1. The summed E-state index contributed by atoms with van der Waals surface area (Å²) < 4.78 is 0. The van der Waals surface area contributed by atoms with E-state index in [0.717, 1.165) is 5.56 Å². The Morgan fingerprint density at radius 1 is 1.22 bits per heavy atom. The highest BCUT2D eigenvalue weighted by Gasteiger charge is 2.12. The van der Waals surface area contributed by atoms with E-state index in [4.69, 9.17) is 23.2 Å². The Hall–Kier alpha value is -1.58. The number of carbonyl (C=O) groups excluding carboxylic acids is 1. The van der Waals surface area contributed by atoms with E-state index in [2.05, 4.69) is 10.3 Å². The third-order valence-electron chi connectivity index (χ3n) is 2.35. The maximum atomic E-state index is 12.0. The first kappa shape index (κ1) is 12.9. The highest BCUT2D eigenvalue weighted by molar-refractivity contribution is 6.44. The second kappa shape index (κ2) is 5.38. The molecule has 0 fully saturated rings. The Labute approximate surface area is 115 Å². The third-order valence-corrected chi connectivity index (χ3v) is 3.17. The maximum Gasteiger partial charge on any atom is 0.258 e. The van der Waals surface area contributed by atoms with Crippen molar-refractivity contribution in [3.8, 4) is 0 Å². The van der Waals surface area contributed by atoms with Gasteiger partial charge in [-0.2, -0.15) is 0 Å². The number of nitrogens with zero attached hydrogens (tertiary/aromatic N) is 1. The number of hydrogen-bond donors (Lipinski definition) is 1. The van der Waals surface area contributed by atoms with E-state index in [9.17, 15) is 4.79 Å². The molecule has 0 aliphatic heterocycles. The normalized spacial score (nSPS) is 10.2. The molecular weight excluding hydrogens is 271 g/mol. The molecule has 1 aromatic carbocycles. The quantitative estimate of drug-likeness (QED) is 0.905. The lowest BCUT2D eigenvalue weighted by molar-refractivity contribution is 0.102. The van der Waals surface area contributed by atoms with Gasteiger partial charge < -0.3 is 5.32 Å². The number of halogens is 2. The van der Waals surface area contributed by atoms with Gasteiger partial charge >= 0.3 is 0 Å². The van der Waals surface area contributed by atoms with Crippen LogP contribution in [0.4, 0.5) is 5.82 Å².